The Morgan fingerprint density at radius 3 is 2.59 bits per heavy atom. The second-order valence-corrected chi connectivity index (χ2v) is 4.13. The van der Waals surface area contributed by atoms with E-state index < -0.39 is 23.4 Å². The molecule has 0 unspecified atom stereocenters. The molecule has 22 heavy (non-hydrogen) atoms. The van der Waals surface area contributed by atoms with E-state index in [1.54, 1.807) is 0 Å². The van der Waals surface area contributed by atoms with Crippen LogP contribution in [0.2, 0.25) is 0 Å². The molecule has 9 heteroatoms. The van der Waals surface area contributed by atoms with Crippen LogP contribution in [0.25, 0.3) is 0 Å². The maximum atomic E-state index is 11.6. The predicted molar refractivity (Wildman–Crippen MR) is 72.7 cm³/mol. The Kier molecular flexibility index (Phi) is 4.91. The number of hydrogen-bond acceptors (Lipinski definition) is 7. The third kappa shape index (κ3) is 4.20. The Bertz CT molecular complexity index is 609. The first-order valence-electron chi connectivity index (χ1n) is 6.22. The molecule has 1 amide bonds. The maximum absolute atomic E-state index is 11.6. The van der Waals surface area contributed by atoms with Crippen molar-refractivity contribution in [3.8, 4) is 0 Å². The van der Waals surface area contributed by atoms with E-state index in [9.17, 15) is 19.7 Å². The Balaban J connectivity index is 1.81. The first-order valence-corrected chi connectivity index (χ1v) is 6.22. The van der Waals surface area contributed by atoms with E-state index >= 15 is 0 Å². The second kappa shape index (κ2) is 7.07. The molecule has 1 aliphatic heterocycles. The molecule has 2 rings (SSSR count). The molecule has 0 saturated carbocycles. The SMILES string of the molecule is O=C(COC(=O)C1=COCCO1)Nc1ccc([N+](=O)[O-])cc1. The van der Waals surface area contributed by atoms with Crippen LogP contribution in [0.3, 0.4) is 0 Å². The molecule has 0 saturated heterocycles. The molecule has 1 N–H and O–H groups in total. The van der Waals surface area contributed by atoms with E-state index in [1.165, 1.54) is 24.3 Å². The molecule has 0 radical (unpaired) electrons. The summed E-state index contributed by atoms with van der Waals surface area (Å²) in [6.45, 7) is 0.0594. The zero-order valence-electron chi connectivity index (χ0n) is 11.3. The number of benzene rings is 1. The summed E-state index contributed by atoms with van der Waals surface area (Å²) in [5, 5.41) is 12.9. The molecule has 0 aromatic heterocycles. The van der Waals surface area contributed by atoms with Crippen molar-refractivity contribution < 1.29 is 28.7 Å². The maximum Gasteiger partial charge on any atom is 0.377 e. The highest BCUT2D eigenvalue weighted by Gasteiger charge is 2.18. The highest BCUT2D eigenvalue weighted by molar-refractivity contribution is 5.94. The van der Waals surface area contributed by atoms with Gasteiger partial charge >= 0.3 is 5.97 Å². The third-order valence-electron chi connectivity index (χ3n) is 2.55. The number of nitrogens with zero attached hydrogens (tertiary/aromatic N) is 1. The number of nitrogens with one attached hydrogen (secondary N) is 1. The van der Waals surface area contributed by atoms with Gasteiger partial charge in [0.2, 0.25) is 5.76 Å². The van der Waals surface area contributed by atoms with Gasteiger partial charge in [0.05, 0.1) is 4.92 Å². The molecule has 9 nitrogen and oxygen atoms in total. The topological polar surface area (TPSA) is 117 Å². The van der Waals surface area contributed by atoms with E-state index in [0.29, 0.717) is 12.3 Å². The smallest absolute Gasteiger partial charge is 0.377 e. The summed E-state index contributed by atoms with van der Waals surface area (Å²) in [6.07, 6.45) is 1.13. The second-order valence-electron chi connectivity index (χ2n) is 4.13. The summed E-state index contributed by atoms with van der Waals surface area (Å²) in [4.78, 5) is 33.1. The number of nitro benzene ring substituents is 1. The number of amides is 1. The number of hydrogen-bond donors (Lipinski definition) is 1. The minimum absolute atomic E-state index is 0.0918. The van der Waals surface area contributed by atoms with Gasteiger partial charge in [-0.2, -0.15) is 0 Å². The molecule has 1 aromatic rings. The van der Waals surface area contributed by atoms with Crippen LogP contribution in [-0.2, 0) is 23.8 Å². The number of rotatable bonds is 5. The largest absolute Gasteiger partial charge is 0.493 e. The van der Waals surface area contributed by atoms with Gasteiger partial charge in [0.25, 0.3) is 11.6 Å². The van der Waals surface area contributed by atoms with Crippen LogP contribution < -0.4 is 5.32 Å². The van der Waals surface area contributed by atoms with E-state index in [4.69, 9.17) is 14.2 Å². The van der Waals surface area contributed by atoms with Gasteiger partial charge in [-0.15, -0.1) is 0 Å². The van der Waals surface area contributed by atoms with Crippen molar-refractivity contribution in [3.05, 3.63) is 46.4 Å². The lowest BCUT2D eigenvalue weighted by molar-refractivity contribution is -0.384. The van der Waals surface area contributed by atoms with Crippen LogP contribution in [0.15, 0.2) is 36.3 Å². The predicted octanol–water partition coefficient (Wildman–Crippen LogP) is 0.965. The monoisotopic (exact) mass is 308 g/mol. The number of nitro groups is 1. The first-order chi connectivity index (χ1) is 10.6. The fraction of sp³-hybridized carbons (Fsp3) is 0.231. The van der Waals surface area contributed by atoms with E-state index in [-0.39, 0.29) is 18.1 Å². The summed E-state index contributed by atoms with van der Waals surface area (Å²) < 4.78 is 14.6. The normalized spacial score (nSPS) is 13.2. The van der Waals surface area contributed by atoms with Crippen LogP contribution >= 0.6 is 0 Å². The fourth-order valence-electron chi connectivity index (χ4n) is 1.54. The minimum atomic E-state index is -0.807. The highest BCUT2D eigenvalue weighted by atomic mass is 16.6. The molecule has 1 aromatic carbocycles. The van der Waals surface area contributed by atoms with Crippen molar-refractivity contribution >= 4 is 23.3 Å². The Labute approximate surface area is 124 Å². The Morgan fingerprint density at radius 1 is 1.27 bits per heavy atom. The zero-order chi connectivity index (χ0) is 15.9. The molecular formula is C13H12N2O7. The lowest BCUT2D eigenvalue weighted by Crippen LogP contribution is -2.23. The molecule has 0 aliphatic carbocycles. The van der Waals surface area contributed by atoms with Gasteiger partial charge in [-0.3, -0.25) is 14.9 Å². The van der Waals surface area contributed by atoms with Crippen LogP contribution in [-0.4, -0.2) is 36.6 Å². The summed E-state index contributed by atoms with van der Waals surface area (Å²) in [7, 11) is 0. The van der Waals surface area contributed by atoms with Gasteiger partial charge in [-0.1, -0.05) is 0 Å². The van der Waals surface area contributed by atoms with Gasteiger partial charge < -0.3 is 19.5 Å². The number of carbonyl (C=O) groups is 2. The quantitative estimate of drug-likeness (QED) is 0.489. The van der Waals surface area contributed by atoms with Gasteiger partial charge in [-0.05, 0) is 12.1 Å². The fourth-order valence-corrected chi connectivity index (χ4v) is 1.54. The number of carbonyl (C=O) groups excluding carboxylic acids is 2. The Hall–Kier alpha value is -3.10. The van der Waals surface area contributed by atoms with Crippen molar-refractivity contribution in [1.82, 2.24) is 0 Å². The van der Waals surface area contributed by atoms with Crippen molar-refractivity contribution in [2.45, 2.75) is 0 Å². The molecule has 1 aliphatic rings. The van der Waals surface area contributed by atoms with Crippen LogP contribution in [0.4, 0.5) is 11.4 Å². The number of anilines is 1. The van der Waals surface area contributed by atoms with Crippen molar-refractivity contribution in [3.63, 3.8) is 0 Å². The molecule has 1 heterocycles. The zero-order valence-corrected chi connectivity index (χ0v) is 11.3. The molecule has 116 valence electrons. The van der Waals surface area contributed by atoms with Crippen LogP contribution in [0, 0.1) is 10.1 Å². The summed E-state index contributed by atoms with van der Waals surface area (Å²) in [5.41, 5.74) is 0.258. The standard InChI is InChI=1S/C13H12N2O7/c16-12(8-22-13(17)11-7-20-5-6-21-11)14-9-1-3-10(4-2-9)15(18)19/h1-4,7H,5-6,8H2,(H,14,16). The average molecular weight is 308 g/mol. The van der Waals surface area contributed by atoms with Gasteiger partial charge in [-0.25, -0.2) is 4.79 Å². The molecule has 0 bridgehead atoms. The van der Waals surface area contributed by atoms with Gasteiger partial charge in [0.15, 0.2) is 6.61 Å². The molecule has 0 atom stereocenters. The number of ether oxygens (including phenoxy) is 3. The summed E-state index contributed by atoms with van der Waals surface area (Å²) >= 11 is 0. The van der Waals surface area contributed by atoms with E-state index in [0.717, 1.165) is 6.26 Å². The van der Waals surface area contributed by atoms with E-state index in [2.05, 4.69) is 5.32 Å². The van der Waals surface area contributed by atoms with Crippen molar-refractivity contribution in [2.24, 2.45) is 0 Å². The third-order valence-corrected chi connectivity index (χ3v) is 2.55. The number of non-ortho nitro benzene ring substituents is 1. The van der Waals surface area contributed by atoms with Gasteiger partial charge in [0.1, 0.15) is 19.5 Å². The number of esters is 1. The lowest BCUT2D eigenvalue weighted by atomic mass is 10.3. The van der Waals surface area contributed by atoms with Crippen molar-refractivity contribution in [2.75, 3.05) is 25.1 Å². The molecular weight excluding hydrogens is 296 g/mol. The average Bonchev–Trinajstić information content (AvgIpc) is 2.54. The summed E-state index contributed by atoms with van der Waals surface area (Å²) in [6, 6.07) is 5.25. The molecule has 0 fully saturated rings. The van der Waals surface area contributed by atoms with E-state index in [1.807, 2.05) is 0 Å². The van der Waals surface area contributed by atoms with Crippen molar-refractivity contribution in [1.29, 1.82) is 0 Å². The van der Waals surface area contributed by atoms with Crippen LogP contribution in [0.1, 0.15) is 0 Å². The lowest BCUT2D eigenvalue weighted by Gasteiger charge is -2.14. The molecule has 0 spiro atoms. The first kappa shape index (κ1) is 15.3. The van der Waals surface area contributed by atoms with Gasteiger partial charge in [0, 0.05) is 17.8 Å². The minimum Gasteiger partial charge on any atom is -0.493 e. The highest BCUT2D eigenvalue weighted by Crippen LogP contribution is 2.15. The summed E-state index contributed by atoms with van der Waals surface area (Å²) in [5.74, 6) is -1.49. The van der Waals surface area contributed by atoms with Crippen LogP contribution in [0.5, 0.6) is 0 Å². The Morgan fingerprint density at radius 2 is 2.00 bits per heavy atom.